The second kappa shape index (κ2) is 6.21. The van der Waals surface area contributed by atoms with Crippen LogP contribution in [0.2, 0.25) is 0 Å². The minimum absolute atomic E-state index is 0.427. The largest absolute Gasteiger partial charge is 0.486 e. The maximum atomic E-state index is 5.89. The van der Waals surface area contributed by atoms with Crippen molar-refractivity contribution in [3.05, 3.63) is 57.8 Å². The van der Waals surface area contributed by atoms with Gasteiger partial charge in [0.25, 0.3) is 0 Å². The Balaban J connectivity index is 2.15. The normalized spacial score (nSPS) is 10.4. The number of hydrogen-bond donors (Lipinski definition) is 0. The van der Waals surface area contributed by atoms with Gasteiger partial charge in [0.2, 0.25) is 0 Å². The quantitative estimate of drug-likeness (QED) is 0.773. The summed E-state index contributed by atoms with van der Waals surface area (Å²) in [6, 6.07) is 11.7. The van der Waals surface area contributed by atoms with Crippen molar-refractivity contribution in [3.63, 3.8) is 0 Å². The molecule has 2 aromatic rings. The number of aryl methyl sites for hydroxylation is 1. The number of rotatable bonds is 4. The van der Waals surface area contributed by atoms with E-state index in [9.17, 15) is 0 Å². The average Bonchev–Trinajstić information content (AvgIpc) is 2.37. The van der Waals surface area contributed by atoms with Gasteiger partial charge in [-0.25, -0.2) is 0 Å². The Kier molecular flexibility index (Phi) is 4.61. The first-order chi connectivity index (χ1) is 8.70. The van der Waals surface area contributed by atoms with Gasteiger partial charge in [-0.3, -0.25) is 4.98 Å². The molecule has 0 bridgehead atoms. The summed E-state index contributed by atoms with van der Waals surface area (Å²) >= 11 is 9.37. The number of nitrogens with zero attached hydrogens (tertiary/aromatic N) is 1. The number of alkyl halides is 1. The predicted molar refractivity (Wildman–Crippen MR) is 77.0 cm³/mol. The molecule has 2 nitrogen and oxygen atoms in total. The van der Waals surface area contributed by atoms with E-state index < -0.39 is 0 Å². The molecule has 4 heteroatoms. The van der Waals surface area contributed by atoms with E-state index in [2.05, 4.69) is 20.9 Å². The van der Waals surface area contributed by atoms with E-state index in [4.69, 9.17) is 16.3 Å². The van der Waals surface area contributed by atoms with E-state index in [0.29, 0.717) is 12.5 Å². The molecule has 2 rings (SSSR count). The highest BCUT2D eigenvalue weighted by atomic mass is 79.9. The third-order valence-electron chi connectivity index (χ3n) is 2.50. The molecule has 0 amide bonds. The molecule has 0 aliphatic carbocycles. The molecule has 0 saturated heterocycles. The minimum Gasteiger partial charge on any atom is -0.486 e. The Morgan fingerprint density at radius 2 is 2.00 bits per heavy atom. The summed E-state index contributed by atoms with van der Waals surface area (Å²) in [5, 5.41) is 0. The second-order valence-electron chi connectivity index (χ2n) is 3.92. The maximum Gasteiger partial charge on any atom is 0.138 e. The van der Waals surface area contributed by atoms with Crippen LogP contribution in [0.3, 0.4) is 0 Å². The average molecular weight is 327 g/mol. The number of ether oxygens (including phenoxy) is 1. The molecule has 0 spiro atoms. The molecular weight excluding hydrogens is 314 g/mol. The molecule has 0 atom stereocenters. The number of aromatic nitrogens is 1. The first kappa shape index (κ1) is 13.4. The lowest BCUT2D eigenvalue weighted by Gasteiger charge is -2.11. The molecule has 0 saturated carbocycles. The van der Waals surface area contributed by atoms with Crippen LogP contribution in [0.5, 0.6) is 5.75 Å². The van der Waals surface area contributed by atoms with Gasteiger partial charge in [0.05, 0.1) is 16.0 Å². The number of benzene rings is 1. The van der Waals surface area contributed by atoms with E-state index in [1.807, 2.05) is 43.3 Å². The summed E-state index contributed by atoms with van der Waals surface area (Å²) in [5.41, 5.74) is 2.87. The molecular formula is C14H13BrClNO. The number of pyridine rings is 1. The minimum atomic E-state index is 0.427. The Morgan fingerprint density at radius 1 is 1.22 bits per heavy atom. The lowest BCUT2D eigenvalue weighted by atomic mass is 10.2. The zero-order valence-corrected chi connectivity index (χ0v) is 12.3. The number of para-hydroxylation sites is 1. The molecule has 0 aliphatic heterocycles. The third-order valence-corrected chi connectivity index (χ3v) is 3.42. The van der Waals surface area contributed by atoms with Crippen LogP contribution in [0.4, 0.5) is 0 Å². The van der Waals surface area contributed by atoms with Crippen molar-refractivity contribution >= 4 is 27.5 Å². The van der Waals surface area contributed by atoms with Crippen LogP contribution in [-0.4, -0.2) is 4.98 Å². The lowest BCUT2D eigenvalue weighted by Crippen LogP contribution is -2.01. The predicted octanol–water partition coefficient (Wildman–Crippen LogP) is 4.47. The summed E-state index contributed by atoms with van der Waals surface area (Å²) in [6.45, 7) is 2.40. The highest BCUT2D eigenvalue weighted by molar-refractivity contribution is 9.10. The van der Waals surface area contributed by atoms with Gasteiger partial charge in [-0.2, -0.15) is 0 Å². The second-order valence-corrected chi connectivity index (χ2v) is 5.04. The van der Waals surface area contributed by atoms with Crippen molar-refractivity contribution < 1.29 is 4.74 Å². The molecule has 0 unspecified atom stereocenters. The molecule has 0 fully saturated rings. The highest BCUT2D eigenvalue weighted by Crippen LogP contribution is 2.30. The Morgan fingerprint density at radius 3 is 2.72 bits per heavy atom. The highest BCUT2D eigenvalue weighted by Gasteiger charge is 2.07. The van der Waals surface area contributed by atoms with Gasteiger partial charge in [0.1, 0.15) is 12.4 Å². The van der Waals surface area contributed by atoms with Crippen LogP contribution < -0.4 is 4.74 Å². The van der Waals surface area contributed by atoms with Crippen molar-refractivity contribution in [2.45, 2.75) is 19.4 Å². The first-order valence-corrected chi connectivity index (χ1v) is 6.92. The van der Waals surface area contributed by atoms with Gasteiger partial charge in [-0.05, 0) is 41.1 Å². The van der Waals surface area contributed by atoms with Gasteiger partial charge in [0.15, 0.2) is 0 Å². The molecule has 1 heterocycles. The fraction of sp³-hybridized carbons (Fsp3) is 0.214. The fourth-order valence-electron chi connectivity index (χ4n) is 1.65. The van der Waals surface area contributed by atoms with E-state index >= 15 is 0 Å². The molecule has 18 heavy (non-hydrogen) atoms. The first-order valence-electron chi connectivity index (χ1n) is 5.59. The van der Waals surface area contributed by atoms with Crippen LogP contribution in [-0.2, 0) is 12.5 Å². The number of halogens is 2. The summed E-state index contributed by atoms with van der Waals surface area (Å²) < 4.78 is 6.72. The zero-order chi connectivity index (χ0) is 13.0. The third kappa shape index (κ3) is 3.24. The monoisotopic (exact) mass is 325 g/mol. The smallest absolute Gasteiger partial charge is 0.138 e. The summed E-state index contributed by atoms with van der Waals surface area (Å²) in [5.74, 6) is 1.21. The van der Waals surface area contributed by atoms with Gasteiger partial charge in [-0.1, -0.05) is 18.2 Å². The standard InChI is InChI=1S/C14H13BrClNO/c1-10-4-2-6-12(17-10)9-18-14-11(8-16)5-3-7-13(14)15/h2-7H,8-9H2,1H3. The van der Waals surface area contributed by atoms with Crippen LogP contribution in [0.1, 0.15) is 17.0 Å². The van der Waals surface area contributed by atoms with Crippen molar-refractivity contribution in [2.75, 3.05) is 0 Å². The molecule has 0 radical (unpaired) electrons. The van der Waals surface area contributed by atoms with E-state index in [1.54, 1.807) is 0 Å². The topological polar surface area (TPSA) is 22.1 Å². The van der Waals surface area contributed by atoms with Crippen molar-refractivity contribution in [2.24, 2.45) is 0 Å². The SMILES string of the molecule is Cc1cccc(COc2c(Br)cccc2CCl)n1. The summed E-state index contributed by atoms with van der Waals surface area (Å²) in [7, 11) is 0. The van der Waals surface area contributed by atoms with Crippen LogP contribution >= 0.6 is 27.5 Å². The fourth-order valence-corrected chi connectivity index (χ4v) is 2.38. The van der Waals surface area contributed by atoms with Crippen LogP contribution in [0.25, 0.3) is 0 Å². The van der Waals surface area contributed by atoms with Crippen molar-refractivity contribution in [3.8, 4) is 5.75 Å². The van der Waals surface area contributed by atoms with Gasteiger partial charge in [-0.15, -0.1) is 11.6 Å². The van der Waals surface area contributed by atoms with Crippen LogP contribution in [0, 0.1) is 6.92 Å². The van der Waals surface area contributed by atoms with E-state index in [-0.39, 0.29) is 0 Å². The Bertz CT molecular complexity index is 545. The van der Waals surface area contributed by atoms with E-state index in [1.165, 1.54) is 0 Å². The molecule has 1 aromatic heterocycles. The molecule has 0 aliphatic rings. The summed E-state index contributed by atoms with van der Waals surface area (Å²) in [6.07, 6.45) is 0. The van der Waals surface area contributed by atoms with Crippen molar-refractivity contribution in [1.82, 2.24) is 4.98 Å². The zero-order valence-electron chi connectivity index (χ0n) is 9.99. The van der Waals surface area contributed by atoms with Gasteiger partial charge in [0, 0.05) is 11.3 Å². The Labute approximate surface area is 120 Å². The van der Waals surface area contributed by atoms with Gasteiger partial charge < -0.3 is 4.74 Å². The van der Waals surface area contributed by atoms with Crippen molar-refractivity contribution in [1.29, 1.82) is 0 Å². The van der Waals surface area contributed by atoms with Crippen LogP contribution in [0.15, 0.2) is 40.9 Å². The van der Waals surface area contributed by atoms with E-state index in [0.717, 1.165) is 27.2 Å². The lowest BCUT2D eigenvalue weighted by molar-refractivity contribution is 0.297. The Hall–Kier alpha value is -1.06. The molecule has 1 aromatic carbocycles. The maximum absolute atomic E-state index is 5.89. The molecule has 0 N–H and O–H groups in total. The number of hydrogen-bond acceptors (Lipinski definition) is 2. The van der Waals surface area contributed by atoms with Gasteiger partial charge >= 0.3 is 0 Å². The summed E-state index contributed by atoms with van der Waals surface area (Å²) in [4.78, 5) is 4.40. The molecule has 94 valence electrons.